The first-order chi connectivity index (χ1) is 13.7. The second-order valence-corrected chi connectivity index (χ2v) is 7.02. The lowest BCUT2D eigenvalue weighted by atomic mass is 9.95. The summed E-state index contributed by atoms with van der Waals surface area (Å²) < 4.78 is 27.9. The van der Waals surface area contributed by atoms with Gasteiger partial charge in [0.2, 0.25) is 0 Å². The van der Waals surface area contributed by atoms with Gasteiger partial charge in [-0.15, -0.1) is 0 Å². The van der Waals surface area contributed by atoms with Crippen LogP contribution < -0.4 is 18.9 Å². The molecule has 1 heterocycles. The van der Waals surface area contributed by atoms with E-state index in [-0.39, 0.29) is 12.2 Å². The Kier molecular flexibility index (Phi) is 7.04. The van der Waals surface area contributed by atoms with Crippen molar-refractivity contribution >= 4 is 0 Å². The summed E-state index contributed by atoms with van der Waals surface area (Å²) in [5.41, 5.74) is 2.38. The highest BCUT2D eigenvalue weighted by atomic mass is 16.5. The summed E-state index contributed by atoms with van der Waals surface area (Å²) in [4.78, 5) is 0. The van der Waals surface area contributed by atoms with Crippen LogP contribution in [0.15, 0.2) is 36.4 Å². The molecule has 2 atom stereocenters. The Hall–Kier alpha value is -2.40. The van der Waals surface area contributed by atoms with Gasteiger partial charge in [-0.1, -0.05) is 12.1 Å². The van der Waals surface area contributed by atoms with Crippen molar-refractivity contribution in [2.24, 2.45) is 0 Å². The Morgan fingerprint density at radius 3 is 2.11 bits per heavy atom. The molecule has 0 spiro atoms. The van der Waals surface area contributed by atoms with Crippen LogP contribution in [0.2, 0.25) is 0 Å². The minimum atomic E-state index is 0.101. The Labute approximate surface area is 167 Å². The normalized spacial score (nSPS) is 19.1. The highest BCUT2D eigenvalue weighted by Crippen LogP contribution is 2.37. The Balaban J connectivity index is 1.62. The molecule has 5 nitrogen and oxygen atoms in total. The fourth-order valence-corrected chi connectivity index (χ4v) is 3.77. The van der Waals surface area contributed by atoms with Gasteiger partial charge in [-0.3, -0.25) is 0 Å². The molecule has 2 aromatic carbocycles. The Morgan fingerprint density at radius 1 is 0.786 bits per heavy atom. The first-order valence-corrected chi connectivity index (χ1v) is 9.76. The maximum atomic E-state index is 6.42. The maximum absolute atomic E-state index is 6.42. The lowest BCUT2D eigenvalue weighted by Crippen LogP contribution is -2.23. The van der Waals surface area contributed by atoms with Crippen LogP contribution >= 0.6 is 0 Å². The monoisotopic (exact) mass is 386 g/mol. The Morgan fingerprint density at radius 2 is 1.43 bits per heavy atom. The van der Waals surface area contributed by atoms with E-state index in [4.69, 9.17) is 23.7 Å². The largest absolute Gasteiger partial charge is 0.493 e. The van der Waals surface area contributed by atoms with Crippen molar-refractivity contribution < 1.29 is 23.7 Å². The number of rotatable bonds is 8. The number of benzene rings is 2. The van der Waals surface area contributed by atoms with Crippen LogP contribution in [0.5, 0.6) is 23.0 Å². The van der Waals surface area contributed by atoms with Crippen molar-refractivity contribution in [3.05, 3.63) is 47.5 Å². The van der Waals surface area contributed by atoms with E-state index in [1.54, 1.807) is 28.4 Å². The van der Waals surface area contributed by atoms with Crippen LogP contribution in [0.1, 0.15) is 42.9 Å². The second-order valence-electron chi connectivity index (χ2n) is 7.02. The lowest BCUT2D eigenvalue weighted by Gasteiger charge is -2.31. The van der Waals surface area contributed by atoms with E-state index in [9.17, 15) is 0 Å². The lowest BCUT2D eigenvalue weighted by molar-refractivity contribution is -0.0547. The number of ether oxygens (including phenoxy) is 5. The molecule has 3 rings (SSSR count). The molecule has 0 bridgehead atoms. The molecule has 1 aliphatic rings. The van der Waals surface area contributed by atoms with Crippen LogP contribution in [-0.4, -0.2) is 34.5 Å². The second kappa shape index (κ2) is 9.69. The molecule has 2 aromatic rings. The SMILES string of the molecule is COc1ccc(CC[C@@H]2CCC[C@H](c3ccc(OC)c(OC)c3)O2)cc1OC. The van der Waals surface area contributed by atoms with Crippen molar-refractivity contribution in [1.29, 1.82) is 0 Å². The molecule has 152 valence electrons. The summed E-state index contributed by atoms with van der Waals surface area (Å²) in [6, 6.07) is 12.2. The summed E-state index contributed by atoms with van der Waals surface area (Å²) in [6.45, 7) is 0. The fourth-order valence-electron chi connectivity index (χ4n) is 3.77. The van der Waals surface area contributed by atoms with Crippen molar-refractivity contribution in [1.82, 2.24) is 0 Å². The Bertz CT molecular complexity index is 774. The van der Waals surface area contributed by atoms with Gasteiger partial charge < -0.3 is 23.7 Å². The van der Waals surface area contributed by atoms with Gasteiger partial charge in [0.25, 0.3) is 0 Å². The summed E-state index contributed by atoms with van der Waals surface area (Å²) in [5, 5.41) is 0. The maximum Gasteiger partial charge on any atom is 0.161 e. The molecule has 0 aromatic heterocycles. The topological polar surface area (TPSA) is 46.2 Å². The van der Waals surface area contributed by atoms with Gasteiger partial charge in [0.1, 0.15) is 0 Å². The molecular weight excluding hydrogens is 356 g/mol. The number of hydrogen-bond acceptors (Lipinski definition) is 5. The van der Waals surface area contributed by atoms with E-state index in [1.807, 2.05) is 24.3 Å². The van der Waals surface area contributed by atoms with Gasteiger partial charge in [-0.25, -0.2) is 0 Å². The zero-order chi connectivity index (χ0) is 19.9. The van der Waals surface area contributed by atoms with Gasteiger partial charge in [-0.2, -0.15) is 0 Å². The van der Waals surface area contributed by atoms with Crippen LogP contribution in [0.3, 0.4) is 0 Å². The van der Waals surface area contributed by atoms with Crippen molar-refractivity contribution in [3.63, 3.8) is 0 Å². The molecule has 0 radical (unpaired) electrons. The molecular formula is C23H30O5. The summed E-state index contributed by atoms with van der Waals surface area (Å²) >= 11 is 0. The molecule has 0 saturated carbocycles. The first-order valence-electron chi connectivity index (χ1n) is 9.76. The van der Waals surface area contributed by atoms with Gasteiger partial charge >= 0.3 is 0 Å². The average Bonchev–Trinajstić information content (AvgIpc) is 2.77. The quantitative estimate of drug-likeness (QED) is 0.641. The molecule has 5 heteroatoms. The van der Waals surface area contributed by atoms with E-state index >= 15 is 0 Å². The van der Waals surface area contributed by atoms with Crippen LogP contribution in [0.25, 0.3) is 0 Å². The molecule has 1 saturated heterocycles. The number of hydrogen-bond donors (Lipinski definition) is 0. The van der Waals surface area contributed by atoms with Crippen LogP contribution in [-0.2, 0) is 11.2 Å². The van der Waals surface area contributed by atoms with Gasteiger partial charge in [0.05, 0.1) is 40.6 Å². The minimum Gasteiger partial charge on any atom is -0.493 e. The standard InChI is InChI=1S/C23H30O5/c1-24-20-12-9-16(14-22(20)26-3)8-11-18-6-5-7-19(28-18)17-10-13-21(25-2)23(15-17)27-4/h9-10,12-15,18-19H,5-8,11H2,1-4H3/t18-,19+/m0/s1. The average molecular weight is 386 g/mol. The van der Waals surface area contributed by atoms with E-state index in [1.165, 1.54) is 5.56 Å². The zero-order valence-corrected chi connectivity index (χ0v) is 17.2. The molecule has 0 aliphatic carbocycles. The molecule has 0 amide bonds. The van der Waals surface area contributed by atoms with Gasteiger partial charge in [0.15, 0.2) is 23.0 Å². The van der Waals surface area contributed by atoms with Crippen molar-refractivity contribution in [3.8, 4) is 23.0 Å². The third-order valence-corrected chi connectivity index (χ3v) is 5.33. The van der Waals surface area contributed by atoms with E-state index in [2.05, 4.69) is 12.1 Å². The number of aryl methyl sites for hydroxylation is 1. The highest BCUT2D eigenvalue weighted by molar-refractivity contribution is 5.44. The summed E-state index contributed by atoms with van der Waals surface area (Å²) in [7, 11) is 6.63. The van der Waals surface area contributed by atoms with Gasteiger partial charge in [0, 0.05) is 0 Å². The van der Waals surface area contributed by atoms with E-state index in [0.717, 1.165) is 60.7 Å². The molecule has 0 unspecified atom stereocenters. The van der Waals surface area contributed by atoms with Crippen molar-refractivity contribution in [2.45, 2.75) is 44.3 Å². The summed E-state index contributed by atoms with van der Waals surface area (Å²) in [6.07, 6.45) is 5.57. The third kappa shape index (κ3) is 4.71. The fraction of sp³-hybridized carbons (Fsp3) is 0.478. The first kappa shape index (κ1) is 20.3. The van der Waals surface area contributed by atoms with E-state index in [0.29, 0.717) is 0 Å². The third-order valence-electron chi connectivity index (χ3n) is 5.33. The van der Waals surface area contributed by atoms with Crippen LogP contribution in [0, 0.1) is 0 Å². The highest BCUT2D eigenvalue weighted by Gasteiger charge is 2.24. The van der Waals surface area contributed by atoms with Gasteiger partial charge in [-0.05, 0) is 67.5 Å². The molecule has 0 N–H and O–H groups in total. The van der Waals surface area contributed by atoms with Crippen LogP contribution in [0.4, 0.5) is 0 Å². The predicted octanol–water partition coefficient (Wildman–Crippen LogP) is 4.96. The zero-order valence-electron chi connectivity index (χ0n) is 17.2. The molecule has 1 aliphatic heterocycles. The smallest absolute Gasteiger partial charge is 0.161 e. The predicted molar refractivity (Wildman–Crippen MR) is 109 cm³/mol. The molecule has 28 heavy (non-hydrogen) atoms. The molecule has 1 fully saturated rings. The van der Waals surface area contributed by atoms with Crippen molar-refractivity contribution in [2.75, 3.05) is 28.4 Å². The van der Waals surface area contributed by atoms with E-state index < -0.39 is 0 Å². The number of methoxy groups -OCH3 is 4. The minimum absolute atomic E-state index is 0.101. The summed E-state index contributed by atoms with van der Waals surface area (Å²) in [5.74, 6) is 3.02.